The zero-order valence-electron chi connectivity index (χ0n) is 12.6. The summed E-state index contributed by atoms with van der Waals surface area (Å²) in [6, 6.07) is 1.94. The Morgan fingerprint density at radius 2 is 2.05 bits per heavy atom. The molecule has 116 valence electrons. The predicted octanol–water partition coefficient (Wildman–Crippen LogP) is 3.37. The topological polar surface area (TPSA) is 42.7 Å². The van der Waals surface area contributed by atoms with E-state index >= 15 is 0 Å². The highest BCUT2D eigenvalue weighted by molar-refractivity contribution is 5.81. The number of carbonyl (C=O) groups excluding carboxylic acids is 1. The van der Waals surface area contributed by atoms with E-state index in [0.717, 1.165) is 31.6 Å². The van der Waals surface area contributed by atoms with Crippen molar-refractivity contribution < 1.29 is 13.9 Å². The number of carbonyl (C=O) groups is 1. The SMILES string of the molecule is O=C([C@@H]1CCCO1)N(Cc1ccoc1)CC1CCCCC1. The first-order chi connectivity index (χ1) is 10.3. The highest BCUT2D eigenvalue weighted by atomic mass is 16.5. The van der Waals surface area contributed by atoms with Crippen molar-refractivity contribution in [2.24, 2.45) is 5.92 Å². The van der Waals surface area contributed by atoms with E-state index in [0.29, 0.717) is 12.5 Å². The monoisotopic (exact) mass is 291 g/mol. The van der Waals surface area contributed by atoms with Crippen LogP contribution in [0.25, 0.3) is 0 Å². The first-order valence-corrected chi connectivity index (χ1v) is 8.24. The summed E-state index contributed by atoms with van der Waals surface area (Å²) in [4.78, 5) is 14.7. The summed E-state index contributed by atoms with van der Waals surface area (Å²) in [5.41, 5.74) is 1.07. The van der Waals surface area contributed by atoms with Crippen LogP contribution in [0.1, 0.15) is 50.5 Å². The summed E-state index contributed by atoms with van der Waals surface area (Å²) in [5, 5.41) is 0. The molecule has 2 heterocycles. The van der Waals surface area contributed by atoms with Crippen LogP contribution in [-0.2, 0) is 16.1 Å². The van der Waals surface area contributed by atoms with Crippen LogP contribution in [0.4, 0.5) is 0 Å². The Hall–Kier alpha value is -1.29. The van der Waals surface area contributed by atoms with Crippen molar-refractivity contribution in [1.82, 2.24) is 4.90 Å². The Morgan fingerprint density at radius 1 is 1.19 bits per heavy atom. The van der Waals surface area contributed by atoms with Crippen LogP contribution < -0.4 is 0 Å². The molecule has 1 aliphatic carbocycles. The van der Waals surface area contributed by atoms with Gasteiger partial charge >= 0.3 is 0 Å². The van der Waals surface area contributed by atoms with E-state index < -0.39 is 0 Å². The highest BCUT2D eigenvalue weighted by Gasteiger charge is 2.30. The molecule has 1 aromatic rings. The van der Waals surface area contributed by atoms with Gasteiger partial charge in [0.2, 0.25) is 0 Å². The third kappa shape index (κ3) is 3.88. The van der Waals surface area contributed by atoms with Gasteiger partial charge in [-0.05, 0) is 37.7 Å². The lowest BCUT2D eigenvalue weighted by Crippen LogP contribution is -2.41. The van der Waals surface area contributed by atoms with Crippen LogP contribution in [0.2, 0.25) is 0 Å². The fourth-order valence-electron chi connectivity index (χ4n) is 3.49. The van der Waals surface area contributed by atoms with Crippen molar-refractivity contribution in [3.63, 3.8) is 0 Å². The van der Waals surface area contributed by atoms with Crippen LogP contribution in [0.15, 0.2) is 23.0 Å². The van der Waals surface area contributed by atoms with E-state index in [4.69, 9.17) is 9.15 Å². The van der Waals surface area contributed by atoms with Crippen LogP contribution in [0.3, 0.4) is 0 Å². The summed E-state index contributed by atoms with van der Waals surface area (Å²) >= 11 is 0. The number of furan rings is 1. The van der Waals surface area contributed by atoms with Gasteiger partial charge in [-0.1, -0.05) is 19.3 Å². The molecule has 1 atom stereocenters. The van der Waals surface area contributed by atoms with Crippen LogP contribution in [-0.4, -0.2) is 30.1 Å². The second kappa shape index (κ2) is 7.12. The quantitative estimate of drug-likeness (QED) is 0.835. The molecule has 2 aliphatic rings. The molecule has 0 aromatic carbocycles. The molecule has 1 saturated carbocycles. The first kappa shape index (κ1) is 14.6. The van der Waals surface area contributed by atoms with Crippen molar-refractivity contribution in [2.45, 2.75) is 57.6 Å². The van der Waals surface area contributed by atoms with Gasteiger partial charge in [-0.2, -0.15) is 0 Å². The molecule has 21 heavy (non-hydrogen) atoms. The van der Waals surface area contributed by atoms with E-state index in [2.05, 4.69) is 0 Å². The van der Waals surface area contributed by atoms with E-state index in [-0.39, 0.29) is 12.0 Å². The maximum absolute atomic E-state index is 12.7. The minimum absolute atomic E-state index is 0.166. The zero-order valence-corrected chi connectivity index (χ0v) is 12.6. The van der Waals surface area contributed by atoms with Gasteiger partial charge in [-0.15, -0.1) is 0 Å². The molecule has 0 N–H and O–H groups in total. The smallest absolute Gasteiger partial charge is 0.252 e. The second-order valence-electron chi connectivity index (χ2n) is 6.36. The van der Waals surface area contributed by atoms with Gasteiger partial charge in [0.15, 0.2) is 0 Å². The molecule has 0 unspecified atom stereocenters. The number of hydrogen-bond acceptors (Lipinski definition) is 3. The van der Waals surface area contributed by atoms with Crippen LogP contribution in [0, 0.1) is 5.92 Å². The van der Waals surface area contributed by atoms with Crippen LogP contribution in [0.5, 0.6) is 0 Å². The van der Waals surface area contributed by atoms with Crippen LogP contribution >= 0.6 is 0 Å². The Labute approximate surface area is 126 Å². The van der Waals surface area contributed by atoms with Gasteiger partial charge in [-0.3, -0.25) is 4.79 Å². The lowest BCUT2D eigenvalue weighted by atomic mass is 9.88. The fourth-order valence-corrected chi connectivity index (χ4v) is 3.49. The van der Waals surface area contributed by atoms with E-state index in [1.807, 2.05) is 11.0 Å². The molecular formula is C17H25NO3. The molecule has 4 nitrogen and oxygen atoms in total. The Bertz CT molecular complexity index is 431. The van der Waals surface area contributed by atoms with Gasteiger partial charge in [0.1, 0.15) is 6.10 Å². The van der Waals surface area contributed by atoms with Crippen molar-refractivity contribution in [3.8, 4) is 0 Å². The highest BCUT2D eigenvalue weighted by Crippen LogP contribution is 2.26. The molecule has 0 bridgehead atoms. The number of nitrogens with zero attached hydrogens (tertiary/aromatic N) is 1. The molecule has 1 saturated heterocycles. The molecule has 2 fully saturated rings. The maximum Gasteiger partial charge on any atom is 0.252 e. The summed E-state index contributed by atoms with van der Waals surface area (Å²) < 4.78 is 10.7. The molecular weight excluding hydrogens is 266 g/mol. The molecule has 0 spiro atoms. The fraction of sp³-hybridized carbons (Fsp3) is 0.706. The lowest BCUT2D eigenvalue weighted by molar-refractivity contribution is -0.142. The zero-order chi connectivity index (χ0) is 14.5. The van der Waals surface area contributed by atoms with E-state index in [9.17, 15) is 4.79 Å². The van der Waals surface area contributed by atoms with Crippen molar-refractivity contribution in [1.29, 1.82) is 0 Å². The summed E-state index contributed by atoms with van der Waals surface area (Å²) in [5.74, 6) is 0.815. The van der Waals surface area contributed by atoms with Gasteiger partial charge in [0.25, 0.3) is 5.91 Å². The second-order valence-corrected chi connectivity index (χ2v) is 6.36. The van der Waals surface area contributed by atoms with Gasteiger partial charge in [0.05, 0.1) is 12.5 Å². The molecule has 4 heteroatoms. The molecule has 1 amide bonds. The third-order valence-corrected chi connectivity index (χ3v) is 4.67. The molecule has 0 radical (unpaired) electrons. The molecule has 1 aliphatic heterocycles. The average Bonchev–Trinajstić information content (AvgIpc) is 3.20. The average molecular weight is 291 g/mol. The predicted molar refractivity (Wildman–Crippen MR) is 79.7 cm³/mol. The van der Waals surface area contributed by atoms with Gasteiger partial charge in [-0.25, -0.2) is 0 Å². The largest absolute Gasteiger partial charge is 0.472 e. The summed E-state index contributed by atoms with van der Waals surface area (Å²) in [7, 11) is 0. The van der Waals surface area contributed by atoms with E-state index in [1.54, 1.807) is 12.5 Å². The minimum Gasteiger partial charge on any atom is -0.472 e. The Morgan fingerprint density at radius 3 is 2.71 bits per heavy atom. The Kier molecular flexibility index (Phi) is 4.96. The number of rotatable bonds is 5. The number of amides is 1. The normalized spacial score (nSPS) is 23.3. The maximum atomic E-state index is 12.7. The van der Waals surface area contributed by atoms with Crippen molar-refractivity contribution in [2.75, 3.05) is 13.2 Å². The number of ether oxygens (including phenoxy) is 1. The standard InChI is InChI=1S/C17H25NO3/c19-17(16-7-4-9-21-16)18(12-15-8-10-20-13-15)11-14-5-2-1-3-6-14/h8,10,13-14,16H,1-7,9,11-12H2/t16-/m0/s1. The van der Waals surface area contributed by atoms with Crippen molar-refractivity contribution >= 4 is 5.91 Å². The molecule has 3 rings (SSSR count). The Balaban J connectivity index is 1.65. The van der Waals surface area contributed by atoms with Gasteiger partial charge in [0, 0.05) is 25.3 Å². The first-order valence-electron chi connectivity index (χ1n) is 8.24. The van der Waals surface area contributed by atoms with Crippen molar-refractivity contribution in [3.05, 3.63) is 24.2 Å². The van der Waals surface area contributed by atoms with E-state index in [1.165, 1.54) is 32.1 Å². The minimum atomic E-state index is -0.222. The lowest BCUT2D eigenvalue weighted by Gasteiger charge is -2.31. The third-order valence-electron chi connectivity index (χ3n) is 4.67. The summed E-state index contributed by atoms with van der Waals surface area (Å²) in [6.07, 6.45) is 11.5. The van der Waals surface area contributed by atoms with Gasteiger partial charge < -0.3 is 14.1 Å². The molecule has 1 aromatic heterocycles. The summed E-state index contributed by atoms with van der Waals surface area (Å²) in [6.45, 7) is 2.23. The number of hydrogen-bond donors (Lipinski definition) is 0.